The summed E-state index contributed by atoms with van der Waals surface area (Å²) >= 11 is 3.35. The molecule has 0 aliphatic rings. The van der Waals surface area contributed by atoms with Crippen molar-refractivity contribution >= 4 is 21.8 Å². The SMILES string of the molecule is COCCN(CCBr)C(=O)c1ccccc1. The van der Waals surface area contributed by atoms with Gasteiger partial charge in [-0.05, 0) is 12.1 Å². The first kappa shape index (κ1) is 13.2. The second-order valence-electron chi connectivity index (χ2n) is 3.34. The van der Waals surface area contributed by atoms with Crippen LogP contribution in [0.25, 0.3) is 0 Å². The summed E-state index contributed by atoms with van der Waals surface area (Å²) in [6.45, 7) is 1.87. The van der Waals surface area contributed by atoms with Gasteiger partial charge in [0.05, 0.1) is 6.61 Å². The van der Waals surface area contributed by atoms with Crippen LogP contribution in [0.5, 0.6) is 0 Å². The minimum Gasteiger partial charge on any atom is -0.383 e. The zero-order valence-electron chi connectivity index (χ0n) is 9.36. The number of rotatable bonds is 6. The van der Waals surface area contributed by atoms with E-state index >= 15 is 0 Å². The lowest BCUT2D eigenvalue weighted by Gasteiger charge is -2.21. The Hall–Kier alpha value is -0.870. The Bertz CT molecular complexity index is 316. The van der Waals surface area contributed by atoms with Gasteiger partial charge in [-0.25, -0.2) is 0 Å². The number of halogens is 1. The Morgan fingerprint density at radius 3 is 2.56 bits per heavy atom. The first-order valence-corrected chi connectivity index (χ1v) is 6.31. The molecule has 1 rings (SSSR count). The van der Waals surface area contributed by atoms with E-state index in [-0.39, 0.29) is 5.91 Å². The summed E-state index contributed by atoms with van der Waals surface area (Å²) in [5, 5.41) is 0.773. The second-order valence-corrected chi connectivity index (χ2v) is 4.13. The molecule has 0 unspecified atom stereocenters. The van der Waals surface area contributed by atoms with Crippen molar-refractivity contribution in [3.05, 3.63) is 35.9 Å². The van der Waals surface area contributed by atoms with E-state index < -0.39 is 0 Å². The Morgan fingerprint density at radius 1 is 1.31 bits per heavy atom. The summed E-state index contributed by atoms with van der Waals surface area (Å²) in [7, 11) is 1.64. The zero-order valence-corrected chi connectivity index (χ0v) is 10.9. The van der Waals surface area contributed by atoms with Gasteiger partial charge in [0.15, 0.2) is 0 Å². The number of hydrogen-bond donors (Lipinski definition) is 0. The van der Waals surface area contributed by atoms with Crippen molar-refractivity contribution in [1.82, 2.24) is 4.90 Å². The van der Waals surface area contributed by atoms with Gasteiger partial charge in [-0.3, -0.25) is 4.79 Å². The zero-order chi connectivity index (χ0) is 11.8. The lowest BCUT2D eigenvalue weighted by atomic mass is 10.2. The Labute approximate surface area is 105 Å². The van der Waals surface area contributed by atoms with Crippen molar-refractivity contribution in [2.24, 2.45) is 0 Å². The van der Waals surface area contributed by atoms with Crippen molar-refractivity contribution in [3.8, 4) is 0 Å². The van der Waals surface area contributed by atoms with Crippen LogP contribution in [0.3, 0.4) is 0 Å². The molecule has 0 N–H and O–H groups in total. The minimum atomic E-state index is 0.0529. The molecule has 1 amide bonds. The van der Waals surface area contributed by atoms with Crippen LogP contribution < -0.4 is 0 Å². The van der Waals surface area contributed by atoms with Gasteiger partial charge in [0, 0.05) is 31.1 Å². The van der Waals surface area contributed by atoms with Crippen LogP contribution in [0.1, 0.15) is 10.4 Å². The van der Waals surface area contributed by atoms with Crippen LogP contribution in [-0.2, 0) is 4.74 Å². The molecule has 88 valence electrons. The average molecular weight is 286 g/mol. The van der Waals surface area contributed by atoms with Crippen LogP contribution in [-0.4, -0.2) is 42.9 Å². The molecule has 1 aromatic carbocycles. The fraction of sp³-hybridized carbons (Fsp3) is 0.417. The van der Waals surface area contributed by atoms with Gasteiger partial charge in [0.25, 0.3) is 5.91 Å². The number of hydrogen-bond acceptors (Lipinski definition) is 2. The van der Waals surface area contributed by atoms with E-state index in [0.717, 1.165) is 10.9 Å². The molecule has 0 atom stereocenters. The predicted octanol–water partition coefficient (Wildman–Crippen LogP) is 2.17. The van der Waals surface area contributed by atoms with Crippen LogP contribution >= 0.6 is 15.9 Å². The molecule has 0 aliphatic heterocycles. The third-order valence-corrected chi connectivity index (χ3v) is 2.58. The highest BCUT2D eigenvalue weighted by Gasteiger charge is 2.13. The Balaban J connectivity index is 2.67. The van der Waals surface area contributed by atoms with E-state index in [0.29, 0.717) is 19.7 Å². The van der Waals surface area contributed by atoms with E-state index in [9.17, 15) is 4.79 Å². The maximum absolute atomic E-state index is 12.1. The van der Waals surface area contributed by atoms with Gasteiger partial charge in [-0.15, -0.1) is 0 Å². The molecule has 16 heavy (non-hydrogen) atoms. The monoisotopic (exact) mass is 285 g/mol. The van der Waals surface area contributed by atoms with Crippen LogP contribution in [0.2, 0.25) is 0 Å². The summed E-state index contributed by atoms with van der Waals surface area (Å²) < 4.78 is 5.00. The van der Waals surface area contributed by atoms with Gasteiger partial charge in [-0.1, -0.05) is 34.1 Å². The summed E-state index contributed by atoms with van der Waals surface area (Å²) in [6.07, 6.45) is 0. The van der Waals surface area contributed by atoms with Crippen LogP contribution in [0.4, 0.5) is 0 Å². The highest BCUT2D eigenvalue weighted by atomic mass is 79.9. The number of benzene rings is 1. The van der Waals surface area contributed by atoms with Crippen molar-refractivity contribution in [2.75, 3.05) is 32.1 Å². The molecule has 0 spiro atoms. The van der Waals surface area contributed by atoms with Crippen molar-refractivity contribution in [1.29, 1.82) is 0 Å². The summed E-state index contributed by atoms with van der Waals surface area (Å²) in [5.74, 6) is 0.0529. The Kier molecular flexibility index (Phi) is 6.11. The van der Waals surface area contributed by atoms with Gasteiger partial charge in [0.2, 0.25) is 0 Å². The first-order valence-electron chi connectivity index (χ1n) is 5.19. The minimum absolute atomic E-state index is 0.0529. The topological polar surface area (TPSA) is 29.5 Å². The molecule has 4 heteroatoms. The quantitative estimate of drug-likeness (QED) is 0.750. The fourth-order valence-electron chi connectivity index (χ4n) is 1.38. The maximum Gasteiger partial charge on any atom is 0.253 e. The number of carbonyl (C=O) groups excluding carboxylic acids is 1. The van der Waals surface area contributed by atoms with Crippen molar-refractivity contribution < 1.29 is 9.53 Å². The van der Waals surface area contributed by atoms with Gasteiger partial charge in [0.1, 0.15) is 0 Å². The summed E-state index contributed by atoms with van der Waals surface area (Å²) in [5.41, 5.74) is 0.722. The van der Waals surface area contributed by atoms with Crippen LogP contribution in [0.15, 0.2) is 30.3 Å². The molecule has 3 nitrogen and oxygen atoms in total. The number of alkyl halides is 1. The molecular formula is C12H16BrNO2. The van der Waals surface area contributed by atoms with Crippen LogP contribution in [0, 0.1) is 0 Å². The van der Waals surface area contributed by atoms with Gasteiger partial charge < -0.3 is 9.64 Å². The first-order chi connectivity index (χ1) is 7.79. The van der Waals surface area contributed by atoms with E-state index in [2.05, 4.69) is 15.9 Å². The second kappa shape index (κ2) is 7.41. The number of nitrogens with zero attached hydrogens (tertiary/aromatic N) is 1. The maximum atomic E-state index is 12.1. The van der Waals surface area contributed by atoms with Gasteiger partial charge in [-0.2, -0.15) is 0 Å². The van der Waals surface area contributed by atoms with E-state index in [1.807, 2.05) is 30.3 Å². The molecule has 0 fully saturated rings. The normalized spacial score (nSPS) is 10.1. The van der Waals surface area contributed by atoms with Crippen molar-refractivity contribution in [2.45, 2.75) is 0 Å². The number of ether oxygens (including phenoxy) is 1. The lowest BCUT2D eigenvalue weighted by Crippen LogP contribution is -2.35. The smallest absolute Gasteiger partial charge is 0.253 e. The predicted molar refractivity (Wildman–Crippen MR) is 68.0 cm³/mol. The highest BCUT2D eigenvalue weighted by molar-refractivity contribution is 9.09. The standard InChI is InChI=1S/C12H16BrNO2/c1-16-10-9-14(8-7-13)12(15)11-5-3-2-4-6-11/h2-6H,7-10H2,1H3. The van der Waals surface area contributed by atoms with Crippen molar-refractivity contribution in [3.63, 3.8) is 0 Å². The number of amides is 1. The molecule has 0 saturated carbocycles. The van der Waals surface area contributed by atoms with E-state index in [1.54, 1.807) is 12.0 Å². The molecule has 0 bridgehead atoms. The molecule has 0 aromatic heterocycles. The number of carbonyl (C=O) groups is 1. The summed E-state index contributed by atoms with van der Waals surface area (Å²) in [4.78, 5) is 13.9. The van der Waals surface area contributed by atoms with E-state index in [1.165, 1.54) is 0 Å². The summed E-state index contributed by atoms with van der Waals surface area (Å²) in [6, 6.07) is 9.30. The third kappa shape index (κ3) is 3.94. The largest absolute Gasteiger partial charge is 0.383 e. The molecule has 1 aromatic rings. The van der Waals surface area contributed by atoms with E-state index in [4.69, 9.17) is 4.74 Å². The fourth-order valence-corrected chi connectivity index (χ4v) is 1.81. The molecule has 0 heterocycles. The average Bonchev–Trinajstić information content (AvgIpc) is 2.35. The molecule has 0 radical (unpaired) electrons. The molecule has 0 aliphatic carbocycles. The number of methoxy groups -OCH3 is 1. The third-order valence-electron chi connectivity index (χ3n) is 2.23. The Morgan fingerprint density at radius 2 is 2.00 bits per heavy atom. The molecular weight excluding hydrogens is 270 g/mol. The van der Waals surface area contributed by atoms with Gasteiger partial charge >= 0.3 is 0 Å². The lowest BCUT2D eigenvalue weighted by molar-refractivity contribution is 0.0709. The molecule has 0 saturated heterocycles. The highest BCUT2D eigenvalue weighted by Crippen LogP contribution is 2.05.